The van der Waals surface area contributed by atoms with E-state index in [4.69, 9.17) is 13.8 Å². The second-order valence-corrected chi connectivity index (χ2v) is 12.2. The molecule has 0 aliphatic heterocycles. The minimum absolute atomic E-state index is 0.0728. The second-order valence-electron chi connectivity index (χ2n) is 10.8. The van der Waals surface area contributed by atoms with Crippen LogP contribution >= 0.6 is 7.82 Å². The van der Waals surface area contributed by atoms with E-state index in [9.17, 15) is 24.2 Å². The lowest BCUT2D eigenvalue weighted by Gasteiger charge is -2.15. The summed E-state index contributed by atoms with van der Waals surface area (Å²) in [4.78, 5) is 33.2. The minimum atomic E-state index is -4.40. The third-order valence-corrected chi connectivity index (χ3v) is 7.45. The van der Waals surface area contributed by atoms with E-state index < -0.39 is 26.5 Å². The van der Waals surface area contributed by atoms with E-state index in [1.54, 1.807) is 0 Å². The van der Waals surface area contributed by atoms with Gasteiger partial charge in [0.2, 0.25) is 5.91 Å². The lowest BCUT2D eigenvalue weighted by Crippen LogP contribution is -2.27. The molecule has 0 aromatic heterocycles. The largest absolute Gasteiger partial charge is 0.472 e. The summed E-state index contributed by atoms with van der Waals surface area (Å²) in [7, 11) is -4.40. The number of aliphatic hydroxyl groups excluding tert-OH is 1. The number of ether oxygens (including phenoxy) is 1. The summed E-state index contributed by atoms with van der Waals surface area (Å²) < 4.78 is 26.4. The molecular weight excluding hydrogens is 593 g/mol. The van der Waals surface area contributed by atoms with Gasteiger partial charge in [-0.25, -0.2) is 4.57 Å². The van der Waals surface area contributed by atoms with E-state index in [0.717, 1.165) is 83.5 Å². The Balaban J connectivity index is 3.67. The van der Waals surface area contributed by atoms with Gasteiger partial charge in [0.15, 0.2) is 0 Å². The molecule has 0 aromatic rings. The van der Waals surface area contributed by atoms with Crippen LogP contribution in [0.5, 0.6) is 0 Å². The van der Waals surface area contributed by atoms with Gasteiger partial charge in [0, 0.05) is 19.4 Å². The number of phosphoric acid groups is 1. The number of carbonyl (C=O) groups is 2. The lowest BCUT2D eigenvalue weighted by molar-refractivity contribution is -0.147. The lowest BCUT2D eigenvalue weighted by atomic mass is 10.1. The van der Waals surface area contributed by atoms with Gasteiger partial charge >= 0.3 is 13.8 Å². The Kier molecular flexibility index (Phi) is 30.1. The van der Waals surface area contributed by atoms with Crippen LogP contribution in [0.2, 0.25) is 0 Å². The molecule has 3 N–H and O–H groups in total. The Morgan fingerprint density at radius 2 is 1.27 bits per heavy atom. The van der Waals surface area contributed by atoms with Gasteiger partial charge in [0.25, 0.3) is 0 Å². The summed E-state index contributed by atoms with van der Waals surface area (Å²) in [6, 6.07) is 0. The molecule has 10 heteroatoms. The Labute approximate surface area is 272 Å². The van der Waals surface area contributed by atoms with Crippen molar-refractivity contribution in [2.24, 2.45) is 0 Å². The van der Waals surface area contributed by atoms with Crippen LogP contribution in [0.25, 0.3) is 0 Å². The zero-order valence-corrected chi connectivity index (χ0v) is 28.7. The molecule has 0 aliphatic carbocycles. The van der Waals surface area contributed by atoms with Crippen LogP contribution < -0.4 is 5.32 Å². The average molecular weight is 654 g/mol. The van der Waals surface area contributed by atoms with Crippen LogP contribution in [0, 0.1) is 0 Å². The number of aliphatic hydroxyl groups is 1. The highest BCUT2D eigenvalue weighted by Gasteiger charge is 2.23. The Bertz CT molecular complexity index is 929. The summed E-state index contributed by atoms with van der Waals surface area (Å²) in [5.41, 5.74) is 0. The van der Waals surface area contributed by atoms with Crippen molar-refractivity contribution in [1.29, 1.82) is 0 Å². The van der Waals surface area contributed by atoms with Crippen molar-refractivity contribution in [2.45, 2.75) is 123 Å². The fraction of sp³-hybridized carbons (Fsp3) is 0.657. The Hall–Kier alpha value is -2.29. The maximum atomic E-state index is 11.9. The molecule has 0 heterocycles. The van der Waals surface area contributed by atoms with Crippen LogP contribution in [0.3, 0.4) is 0 Å². The highest BCUT2D eigenvalue weighted by molar-refractivity contribution is 7.47. The van der Waals surface area contributed by atoms with Crippen LogP contribution in [0.15, 0.2) is 60.8 Å². The zero-order valence-electron chi connectivity index (χ0n) is 27.8. The molecule has 0 bridgehead atoms. The first-order valence-corrected chi connectivity index (χ1v) is 18.3. The molecule has 0 saturated carbocycles. The van der Waals surface area contributed by atoms with E-state index in [0.29, 0.717) is 12.8 Å². The fourth-order valence-electron chi connectivity index (χ4n) is 3.93. The second kappa shape index (κ2) is 31.7. The van der Waals surface area contributed by atoms with Gasteiger partial charge in [-0.2, -0.15) is 0 Å². The van der Waals surface area contributed by atoms with Crippen molar-refractivity contribution in [3.8, 4) is 0 Å². The Morgan fingerprint density at radius 3 is 1.89 bits per heavy atom. The van der Waals surface area contributed by atoms with Crippen molar-refractivity contribution in [2.75, 3.05) is 26.4 Å². The monoisotopic (exact) mass is 653 g/mol. The molecule has 2 atom stereocenters. The molecule has 0 fully saturated rings. The SMILES string of the molecule is CC/C=C\C/C=C\C/C=C\C/C=C\C/C=C\CCCCCCCC(=O)OCC(O)COP(=O)(O)OCCNC(=O)CCCCC. The number of hydrogen-bond donors (Lipinski definition) is 3. The van der Waals surface area contributed by atoms with Crippen LogP contribution in [0.1, 0.15) is 117 Å². The molecule has 0 radical (unpaired) electrons. The van der Waals surface area contributed by atoms with E-state index in [1.807, 2.05) is 6.92 Å². The van der Waals surface area contributed by atoms with Crippen LogP contribution in [-0.4, -0.2) is 54.3 Å². The van der Waals surface area contributed by atoms with Crippen molar-refractivity contribution in [3.63, 3.8) is 0 Å². The number of rotatable bonds is 30. The van der Waals surface area contributed by atoms with E-state index in [-0.39, 0.29) is 32.1 Å². The van der Waals surface area contributed by atoms with Crippen LogP contribution in [0.4, 0.5) is 0 Å². The van der Waals surface area contributed by atoms with Crippen molar-refractivity contribution >= 4 is 19.7 Å². The molecule has 1 amide bonds. The molecule has 0 spiro atoms. The molecule has 258 valence electrons. The van der Waals surface area contributed by atoms with Gasteiger partial charge < -0.3 is 20.1 Å². The number of nitrogens with one attached hydrogen (secondary N) is 1. The zero-order chi connectivity index (χ0) is 33.3. The Morgan fingerprint density at radius 1 is 0.711 bits per heavy atom. The maximum absolute atomic E-state index is 11.9. The summed E-state index contributed by atoms with van der Waals surface area (Å²) >= 11 is 0. The van der Waals surface area contributed by atoms with E-state index in [1.165, 1.54) is 0 Å². The number of esters is 1. The topological polar surface area (TPSA) is 131 Å². The third kappa shape index (κ3) is 32.9. The van der Waals surface area contributed by atoms with Gasteiger partial charge in [-0.15, -0.1) is 0 Å². The number of allylic oxidation sites excluding steroid dienone is 10. The minimum Gasteiger partial charge on any atom is -0.463 e. The van der Waals surface area contributed by atoms with Gasteiger partial charge in [-0.05, 0) is 57.8 Å². The molecule has 0 aliphatic rings. The first kappa shape index (κ1) is 42.7. The maximum Gasteiger partial charge on any atom is 0.472 e. The summed E-state index contributed by atoms with van der Waals surface area (Å²) in [5, 5.41) is 12.5. The van der Waals surface area contributed by atoms with Crippen molar-refractivity contribution < 1.29 is 37.9 Å². The molecule has 0 saturated heterocycles. The van der Waals surface area contributed by atoms with E-state index in [2.05, 4.69) is 73.0 Å². The van der Waals surface area contributed by atoms with Crippen molar-refractivity contribution in [3.05, 3.63) is 60.8 Å². The molecule has 0 rings (SSSR count). The number of carbonyl (C=O) groups excluding carboxylic acids is 2. The molecule has 45 heavy (non-hydrogen) atoms. The van der Waals surface area contributed by atoms with Gasteiger partial charge in [0.1, 0.15) is 12.7 Å². The predicted octanol–water partition coefficient (Wildman–Crippen LogP) is 8.20. The highest BCUT2D eigenvalue weighted by atomic mass is 31.2. The van der Waals surface area contributed by atoms with Crippen molar-refractivity contribution in [1.82, 2.24) is 5.32 Å². The summed E-state index contributed by atoms with van der Waals surface area (Å²) in [6.07, 6.45) is 35.1. The normalized spacial score (nSPS) is 14.3. The molecule has 9 nitrogen and oxygen atoms in total. The van der Waals surface area contributed by atoms with Gasteiger partial charge in [0.05, 0.1) is 13.2 Å². The molecule has 0 aromatic carbocycles. The molecule has 2 unspecified atom stereocenters. The number of amides is 1. The number of phosphoric ester groups is 1. The smallest absolute Gasteiger partial charge is 0.463 e. The molecular formula is C35H60NO8P. The average Bonchev–Trinajstić information content (AvgIpc) is 3.02. The first-order chi connectivity index (χ1) is 21.8. The van der Waals surface area contributed by atoms with E-state index >= 15 is 0 Å². The summed E-state index contributed by atoms with van der Waals surface area (Å²) in [5.74, 6) is -0.568. The standard InChI is InChI=1S/C35H60NO8P/c1-3-5-7-8-9-10-11-12-13-14-15-16-17-18-19-20-21-22-23-24-26-28-35(39)42-31-33(37)32-44-45(40,41)43-30-29-36-34(38)27-25-6-4-2/h5,7,9-10,12-13,15-16,18-19,33,37H,3-4,6,8,11,14,17,20-32H2,1-2H3,(H,36,38)(H,40,41)/b7-5-,10-9-,13-12-,16-15-,19-18-. The highest BCUT2D eigenvalue weighted by Crippen LogP contribution is 2.42. The third-order valence-electron chi connectivity index (χ3n) is 6.46. The number of unbranched alkanes of at least 4 members (excludes halogenated alkanes) is 7. The quantitative estimate of drug-likeness (QED) is 0.0306. The summed E-state index contributed by atoms with van der Waals surface area (Å²) in [6.45, 7) is 3.20. The first-order valence-electron chi connectivity index (χ1n) is 16.8. The number of hydrogen-bond acceptors (Lipinski definition) is 7. The predicted molar refractivity (Wildman–Crippen MR) is 183 cm³/mol. The van der Waals surface area contributed by atoms with Gasteiger partial charge in [-0.3, -0.25) is 18.6 Å². The van der Waals surface area contributed by atoms with Crippen LogP contribution in [-0.2, 0) is 27.9 Å². The van der Waals surface area contributed by atoms with Gasteiger partial charge in [-0.1, -0.05) is 107 Å². The fourth-order valence-corrected chi connectivity index (χ4v) is 4.69.